The number of hydrogen-bond donors (Lipinski definition) is 3. The van der Waals surface area contributed by atoms with E-state index in [0.717, 1.165) is 5.56 Å². The summed E-state index contributed by atoms with van der Waals surface area (Å²) in [4.78, 5) is 11.7. The number of thiophene rings is 1. The van der Waals surface area contributed by atoms with Gasteiger partial charge in [0.25, 0.3) is 0 Å². The van der Waals surface area contributed by atoms with Crippen LogP contribution in [-0.2, 0) is 4.79 Å². The number of carbonyl (C=O) groups excluding carboxylic acids is 1. The summed E-state index contributed by atoms with van der Waals surface area (Å²) in [6, 6.07) is 8.77. The predicted molar refractivity (Wildman–Crippen MR) is 82.2 cm³/mol. The Morgan fingerprint density at radius 2 is 2.05 bits per heavy atom. The third kappa shape index (κ3) is 4.61. The molecule has 1 amide bonds. The predicted octanol–water partition coefficient (Wildman–Crippen LogP) is 2.66. The van der Waals surface area contributed by atoms with E-state index < -0.39 is 6.10 Å². The molecule has 0 saturated carbocycles. The van der Waals surface area contributed by atoms with Crippen molar-refractivity contribution in [2.45, 2.75) is 6.10 Å². The molecule has 2 rings (SSSR count). The largest absolute Gasteiger partial charge is 0.387 e. The number of halogens is 1. The Morgan fingerprint density at radius 1 is 1.30 bits per heavy atom. The first kappa shape index (κ1) is 15.0. The highest BCUT2D eigenvalue weighted by Crippen LogP contribution is 2.15. The van der Waals surface area contributed by atoms with E-state index in [9.17, 15) is 9.90 Å². The van der Waals surface area contributed by atoms with Gasteiger partial charge in [-0.1, -0.05) is 11.6 Å². The Balaban J connectivity index is 1.71. The second kappa shape index (κ2) is 7.40. The number of aliphatic hydroxyl groups is 1. The Kier molecular flexibility index (Phi) is 5.55. The van der Waals surface area contributed by atoms with Crippen molar-refractivity contribution in [3.63, 3.8) is 0 Å². The zero-order valence-corrected chi connectivity index (χ0v) is 12.2. The molecule has 1 heterocycles. The maximum Gasteiger partial charge on any atom is 0.238 e. The summed E-state index contributed by atoms with van der Waals surface area (Å²) in [6.45, 7) is 0.481. The van der Waals surface area contributed by atoms with E-state index in [2.05, 4.69) is 10.6 Å². The molecular formula is C14H15ClN2O2S. The van der Waals surface area contributed by atoms with Crippen LogP contribution in [0, 0.1) is 0 Å². The van der Waals surface area contributed by atoms with E-state index in [0.29, 0.717) is 17.3 Å². The van der Waals surface area contributed by atoms with Crippen molar-refractivity contribution in [3.8, 4) is 0 Å². The van der Waals surface area contributed by atoms with Crippen LogP contribution in [0.3, 0.4) is 0 Å². The summed E-state index contributed by atoms with van der Waals surface area (Å²) in [7, 11) is 0. The van der Waals surface area contributed by atoms with Crippen LogP contribution >= 0.6 is 22.9 Å². The summed E-state index contributed by atoms with van der Waals surface area (Å²) in [5, 5.41) is 19.9. The molecule has 1 aromatic carbocycles. The van der Waals surface area contributed by atoms with E-state index in [-0.39, 0.29) is 12.5 Å². The molecule has 0 aliphatic rings. The second-order valence-corrected chi connectivity index (χ2v) is 5.47. The van der Waals surface area contributed by atoms with E-state index in [4.69, 9.17) is 11.6 Å². The van der Waals surface area contributed by atoms with Crippen molar-refractivity contribution in [1.29, 1.82) is 0 Å². The van der Waals surface area contributed by atoms with E-state index in [1.165, 1.54) is 11.3 Å². The van der Waals surface area contributed by atoms with Gasteiger partial charge in [0.05, 0.1) is 12.6 Å². The van der Waals surface area contributed by atoms with Crippen molar-refractivity contribution in [3.05, 3.63) is 51.7 Å². The molecule has 0 spiro atoms. The Labute approximate surface area is 126 Å². The minimum absolute atomic E-state index is 0.143. The average Bonchev–Trinajstić information content (AvgIpc) is 2.95. The summed E-state index contributed by atoms with van der Waals surface area (Å²) in [5.74, 6) is -0.162. The second-order valence-electron chi connectivity index (χ2n) is 4.26. The lowest BCUT2D eigenvalue weighted by molar-refractivity contribution is -0.115. The topological polar surface area (TPSA) is 61.4 Å². The maximum absolute atomic E-state index is 11.7. The van der Waals surface area contributed by atoms with Gasteiger partial charge in [-0.25, -0.2) is 0 Å². The van der Waals surface area contributed by atoms with E-state index >= 15 is 0 Å². The molecule has 20 heavy (non-hydrogen) atoms. The van der Waals surface area contributed by atoms with Crippen molar-refractivity contribution in [1.82, 2.24) is 5.32 Å². The molecule has 0 fully saturated rings. The Morgan fingerprint density at radius 3 is 2.70 bits per heavy atom. The van der Waals surface area contributed by atoms with Gasteiger partial charge < -0.3 is 15.7 Å². The van der Waals surface area contributed by atoms with Gasteiger partial charge in [0, 0.05) is 17.3 Å². The smallest absolute Gasteiger partial charge is 0.238 e. The van der Waals surface area contributed by atoms with Gasteiger partial charge in [-0.2, -0.15) is 11.3 Å². The zero-order chi connectivity index (χ0) is 14.4. The first-order valence-electron chi connectivity index (χ1n) is 6.11. The summed E-state index contributed by atoms with van der Waals surface area (Å²) < 4.78 is 0. The van der Waals surface area contributed by atoms with Crippen molar-refractivity contribution in [2.24, 2.45) is 0 Å². The summed E-state index contributed by atoms with van der Waals surface area (Å²) in [6.07, 6.45) is -0.593. The molecule has 106 valence electrons. The van der Waals surface area contributed by atoms with Gasteiger partial charge in [0.1, 0.15) is 0 Å². The molecule has 2 aromatic rings. The molecule has 1 unspecified atom stereocenters. The van der Waals surface area contributed by atoms with Crippen LogP contribution in [0.15, 0.2) is 41.1 Å². The zero-order valence-electron chi connectivity index (χ0n) is 10.7. The SMILES string of the molecule is O=C(CNCC(O)c1ccsc1)Nc1ccc(Cl)cc1. The molecule has 3 N–H and O–H groups in total. The van der Waals surface area contributed by atoms with Crippen LogP contribution < -0.4 is 10.6 Å². The highest BCUT2D eigenvalue weighted by atomic mass is 35.5. The fraction of sp³-hybridized carbons (Fsp3) is 0.214. The first-order chi connectivity index (χ1) is 9.65. The fourth-order valence-electron chi connectivity index (χ4n) is 1.64. The summed E-state index contributed by atoms with van der Waals surface area (Å²) >= 11 is 7.30. The van der Waals surface area contributed by atoms with Gasteiger partial charge in [0.15, 0.2) is 0 Å². The van der Waals surface area contributed by atoms with Gasteiger partial charge in [0.2, 0.25) is 5.91 Å². The number of aliphatic hydroxyl groups excluding tert-OH is 1. The molecule has 1 atom stereocenters. The number of nitrogens with one attached hydrogen (secondary N) is 2. The van der Waals surface area contributed by atoms with E-state index in [1.807, 2.05) is 16.8 Å². The number of benzene rings is 1. The molecule has 0 radical (unpaired) electrons. The molecule has 0 saturated heterocycles. The molecular weight excluding hydrogens is 296 g/mol. The van der Waals surface area contributed by atoms with Crippen molar-refractivity contribution in [2.75, 3.05) is 18.4 Å². The van der Waals surface area contributed by atoms with Crippen LogP contribution in [0.25, 0.3) is 0 Å². The standard InChI is InChI=1S/C14H15ClN2O2S/c15-11-1-3-12(4-2-11)17-14(19)8-16-7-13(18)10-5-6-20-9-10/h1-6,9,13,16,18H,7-8H2,(H,17,19). The molecule has 0 aliphatic carbocycles. The third-order valence-electron chi connectivity index (χ3n) is 2.68. The fourth-order valence-corrected chi connectivity index (χ4v) is 2.48. The lowest BCUT2D eigenvalue weighted by Crippen LogP contribution is -2.31. The quantitative estimate of drug-likeness (QED) is 0.768. The number of anilines is 1. The highest BCUT2D eigenvalue weighted by molar-refractivity contribution is 7.07. The monoisotopic (exact) mass is 310 g/mol. The van der Waals surface area contributed by atoms with Crippen LogP contribution in [0.1, 0.15) is 11.7 Å². The van der Waals surface area contributed by atoms with Crippen LogP contribution in [0.2, 0.25) is 5.02 Å². The van der Waals surface area contributed by atoms with Crippen LogP contribution in [0.4, 0.5) is 5.69 Å². The molecule has 1 aromatic heterocycles. The lowest BCUT2D eigenvalue weighted by atomic mass is 10.2. The van der Waals surface area contributed by atoms with Crippen molar-refractivity contribution < 1.29 is 9.90 Å². The van der Waals surface area contributed by atoms with Gasteiger partial charge >= 0.3 is 0 Å². The number of rotatable bonds is 6. The number of hydrogen-bond acceptors (Lipinski definition) is 4. The molecule has 6 heteroatoms. The van der Waals surface area contributed by atoms with Gasteiger partial charge in [-0.15, -0.1) is 0 Å². The normalized spacial score (nSPS) is 12.1. The number of carbonyl (C=O) groups is 1. The summed E-state index contributed by atoms with van der Waals surface area (Å²) in [5.41, 5.74) is 1.56. The highest BCUT2D eigenvalue weighted by Gasteiger charge is 2.08. The molecule has 4 nitrogen and oxygen atoms in total. The third-order valence-corrected chi connectivity index (χ3v) is 3.63. The van der Waals surface area contributed by atoms with Gasteiger partial charge in [-0.3, -0.25) is 4.79 Å². The Bertz CT molecular complexity index is 543. The Hall–Kier alpha value is -1.40. The van der Waals surface area contributed by atoms with Crippen LogP contribution in [0.5, 0.6) is 0 Å². The van der Waals surface area contributed by atoms with Gasteiger partial charge in [-0.05, 0) is 46.7 Å². The minimum Gasteiger partial charge on any atom is -0.387 e. The average molecular weight is 311 g/mol. The van der Waals surface area contributed by atoms with Crippen LogP contribution in [-0.4, -0.2) is 24.1 Å². The number of amides is 1. The minimum atomic E-state index is -0.593. The lowest BCUT2D eigenvalue weighted by Gasteiger charge is -2.10. The van der Waals surface area contributed by atoms with E-state index in [1.54, 1.807) is 24.3 Å². The first-order valence-corrected chi connectivity index (χ1v) is 7.43. The molecule has 0 aliphatic heterocycles. The maximum atomic E-state index is 11.7. The van der Waals surface area contributed by atoms with Crippen molar-refractivity contribution >= 4 is 34.5 Å². The molecule has 0 bridgehead atoms.